The van der Waals surface area contributed by atoms with Gasteiger partial charge in [-0.15, -0.1) is 26.3 Å². The molecule has 438 valence electrons. The van der Waals surface area contributed by atoms with Crippen molar-refractivity contribution >= 4 is 0 Å². The lowest BCUT2D eigenvalue weighted by Gasteiger charge is -2.41. The first-order valence-corrected chi connectivity index (χ1v) is 35.5. The molecular formula is C79H122. The molecule has 0 radical (unpaired) electrons. The largest absolute Gasteiger partial charge is 0.103 e. The summed E-state index contributed by atoms with van der Waals surface area (Å²) in [7, 11) is 0. The first-order valence-electron chi connectivity index (χ1n) is 35.5. The van der Waals surface area contributed by atoms with E-state index in [2.05, 4.69) is 145 Å². The lowest BCUT2D eigenvalue weighted by molar-refractivity contribution is 0.0716. The van der Waals surface area contributed by atoms with E-state index in [1.807, 2.05) is 12.2 Å². The van der Waals surface area contributed by atoms with E-state index in [0.717, 1.165) is 160 Å². The maximum absolute atomic E-state index is 4.05. The van der Waals surface area contributed by atoms with Crippen LogP contribution in [-0.2, 0) is 0 Å². The molecule has 0 heteroatoms. The summed E-state index contributed by atoms with van der Waals surface area (Å²) in [4.78, 5) is 0. The van der Waals surface area contributed by atoms with Crippen molar-refractivity contribution in [2.45, 2.75) is 216 Å². The minimum Gasteiger partial charge on any atom is -0.103 e. The zero-order valence-corrected chi connectivity index (χ0v) is 53.1. The Kier molecular flexibility index (Phi) is 18.2. The van der Waals surface area contributed by atoms with Crippen molar-refractivity contribution in [3.8, 4) is 0 Å². The lowest BCUT2D eigenvalue weighted by atomic mass is 9.64. The van der Waals surface area contributed by atoms with Crippen LogP contribution in [0.25, 0.3) is 0 Å². The van der Waals surface area contributed by atoms with Crippen molar-refractivity contribution in [2.24, 2.45) is 178 Å². The van der Waals surface area contributed by atoms with Gasteiger partial charge < -0.3 is 0 Å². The fraction of sp³-hybridized carbons (Fsp3) is 0.797. The van der Waals surface area contributed by atoms with Crippen molar-refractivity contribution in [1.82, 2.24) is 0 Å². The Bertz CT molecular complexity index is 2190. The van der Waals surface area contributed by atoms with Gasteiger partial charge in [-0.1, -0.05) is 155 Å². The van der Waals surface area contributed by atoms with Crippen molar-refractivity contribution in [3.63, 3.8) is 0 Å². The molecule has 0 spiro atoms. The number of allylic oxidation sites excluding steroid dienone is 6. The number of hydrogen-bond donors (Lipinski definition) is 0. The molecule has 0 aromatic heterocycles. The van der Waals surface area contributed by atoms with Crippen molar-refractivity contribution in [3.05, 3.63) is 97.7 Å². The summed E-state index contributed by atoms with van der Waals surface area (Å²) >= 11 is 0. The van der Waals surface area contributed by atoms with Crippen molar-refractivity contribution < 1.29 is 0 Å². The van der Waals surface area contributed by atoms with E-state index in [-0.39, 0.29) is 0 Å². The normalized spacial score (nSPS) is 52.1. The highest BCUT2D eigenvalue weighted by molar-refractivity contribution is 5.42. The molecule has 0 nitrogen and oxygen atoms in total. The van der Waals surface area contributed by atoms with Crippen LogP contribution >= 0.6 is 0 Å². The third-order valence-corrected chi connectivity index (χ3v) is 30.1. The summed E-state index contributed by atoms with van der Waals surface area (Å²) in [5, 5.41) is 0. The fourth-order valence-corrected chi connectivity index (χ4v) is 25.8. The highest BCUT2D eigenvalue weighted by Crippen LogP contribution is 2.71. The molecule has 14 fully saturated rings. The number of rotatable bonds is 8. The van der Waals surface area contributed by atoms with E-state index < -0.39 is 0 Å². The predicted octanol–water partition coefficient (Wildman–Crippen LogP) is 22.2. The second-order valence-electron chi connectivity index (χ2n) is 31.8. The Morgan fingerprint density at radius 3 is 1.35 bits per heavy atom. The standard InChI is InChI=1S/C16H28.C16H22.C14H22.C13H14.C11H20.C9H16/c2*1-4-10-7-13-9-14(10)16-12(6-3)8-11(5-2)15(13)16;1-7-8(2)12-6-11(7)13-9-3-4-10(5-9)14(12)13;1-3-10-9-11(4-2)13-8-6-5-7-12(10)13;1-4-9-5-10-6-11(9)8(3)7(10)2;1-6-7(2)9-4-3-8(6)5-9/h10-16H,4-9H2,1-3H3;4-6,11-16H,2-3,7-9H2,1H3;7-14H,3-6H2,1-2H3;3-8,10-11H,1-2,9H2;7-11H,4-6H2,1-3H3;6-9H,3-5H2,1-2H3/b;10-4+;;;;. The Labute approximate surface area is 489 Å². The molecule has 16 rings (SSSR count). The minimum absolute atomic E-state index is 0.527. The van der Waals surface area contributed by atoms with Gasteiger partial charge in [0.1, 0.15) is 0 Å². The Balaban J connectivity index is 0.000000101. The zero-order chi connectivity index (χ0) is 55.7. The predicted molar refractivity (Wildman–Crippen MR) is 340 cm³/mol. The molecule has 14 saturated carbocycles. The monoisotopic (exact) mass is 1070 g/mol. The Morgan fingerprint density at radius 2 is 0.861 bits per heavy atom. The van der Waals surface area contributed by atoms with Gasteiger partial charge in [-0.25, -0.2) is 0 Å². The van der Waals surface area contributed by atoms with Crippen LogP contribution in [0.2, 0.25) is 0 Å². The van der Waals surface area contributed by atoms with Gasteiger partial charge in [0.25, 0.3) is 0 Å². The first-order chi connectivity index (χ1) is 38.2. The van der Waals surface area contributed by atoms with E-state index in [1.54, 1.807) is 69.8 Å². The average Bonchev–Trinajstić information content (AvgIpc) is 4.32. The van der Waals surface area contributed by atoms with Crippen molar-refractivity contribution in [2.75, 3.05) is 0 Å². The van der Waals surface area contributed by atoms with Crippen molar-refractivity contribution in [1.29, 1.82) is 0 Å². The molecule has 1 aromatic rings. The first kappa shape index (κ1) is 58.7. The number of hydrogen-bond acceptors (Lipinski definition) is 0. The van der Waals surface area contributed by atoms with E-state index in [1.165, 1.54) is 92.6 Å². The SMILES string of the molecule is C=CC1CC(C=C)C2C3CC(C/C3=C\C)C12.C=CC1CC(C=C)c2ccccc21.CC1C(C)C2CC1C1C3CCC(C3)C21.CC1C2CCC(C2)C1C.CCC1CC2CC1C(C)C2C.CCC1CC2CC1C1C(CC)CC(CC)C21. The highest BCUT2D eigenvalue weighted by atomic mass is 14.7. The van der Waals surface area contributed by atoms with E-state index in [0.29, 0.717) is 11.8 Å². The molecule has 79 heavy (non-hydrogen) atoms. The highest BCUT2D eigenvalue weighted by Gasteiger charge is 2.64. The second-order valence-corrected chi connectivity index (χ2v) is 31.8. The van der Waals surface area contributed by atoms with E-state index in [4.69, 9.17) is 0 Å². The van der Waals surface area contributed by atoms with Crippen LogP contribution in [0.4, 0.5) is 0 Å². The fourth-order valence-electron chi connectivity index (χ4n) is 25.8. The van der Waals surface area contributed by atoms with Gasteiger partial charge in [0.2, 0.25) is 0 Å². The maximum atomic E-state index is 4.05. The topological polar surface area (TPSA) is 0 Å². The molecule has 0 saturated heterocycles. The molecular weight excluding hydrogens is 949 g/mol. The minimum atomic E-state index is 0.527. The maximum Gasteiger partial charge on any atom is 0.00270 e. The van der Waals surface area contributed by atoms with Crippen LogP contribution in [0.1, 0.15) is 228 Å². The third-order valence-electron chi connectivity index (χ3n) is 30.1. The van der Waals surface area contributed by atoms with Crippen LogP contribution in [0.15, 0.2) is 86.5 Å². The van der Waals surface area contributed by atoms with Gasteiger partial charge >= 0.3 is 0 Å². The van der Waals surface area contributed by atoms with E-state index >= 15 is 0 Å². The van der Waals surface area contributed by atoms with Gasteiger partial charge in [0.15, 0.2) is 0 Å². The van der Waals surface area contributed by atoms with E-state index in [9.17, 15) is 0 Å². The van der Waals surface area contributed by atoms with Crippen LogP contribution in [0.5, 0.6) is 0 Å². The molecule has 0 N–H and O–H groups in total. The quantitative estimate of drug-likeness (QED) is 0.180. The van der Waals surface area contributed by atoms with Crippen LogP contribution in [0, 0.1) is 178 Å². The van der Waals surface area contributed by atoms with Gasteiger partial charge in [-0.3, -0.25) is 0 Å². The summed E-state index contributed by atoms with van der Waals surface area (Å²) in [6, 6.07) is 8.60. The molecule has 12 bridgehead atoms. The molecule has 1 aromatic carbocycles. The van der Waals surface area contributed by atoms with Crippen LogP contribution in [-0.4, -0.2) is 0 Å². The van der Waals surface area contributed by atoms with Gasteiger partial charge in [0, 0.05) is 11.8 Å². The smallest absolute Gasteiger partial charge is 0.00270 e. The summed E-state index contributed by atoms with van der Waals surface area (Å²) in [6.45, 7) is 42.6. The summed E-state index contributed by atoms with van der Waals surface area (Å²) in [5.74, 6) is 32.9. The summed E-state index contributed by atoms with van der Waals surface area (Å²) < 4.78 is 0. The Morgan fingerprint density at radius 1 is 0.380 bits per heavy atom. The Hall–Kier alpha value is -2.08. The molecule has 0 amide bonds. The zero-order valence-electron chi connectivity index (χ0n) is 53.1. The second kappa shape index (κ2) is 24.5. The molecule has 0 heterocycles. The summed E-state index contributed by atoms with van der Waals surface area (Å²) in [5.41, 5.74) is 4.60. The third kappa shape index (κ3) is 10.3. The van der Waals surface area contributed by atoms with Gasteiger partial charge in [0.05, 0.1) is 0 Å². The van der Waals surface area contributed by atoms with Gasteiger partial charge in [-0.05, 0) is 298 Å². The molecule has 15 aliphatic rings. The lowest BCUT2D eigenvalue weighted by Crippen LogP contribution is -2.35. The molecule has 32 atom stereocenters. The molecule has 32 unspecified atom stereocenters. The molecule has 0 aliphatic heterocycles. The van der Waals surface area contributed by atoms with Gasteiger partial charge in [-0.2, -0.15) is 0 Å². The van der Waals surface area contributed by atoms with Crippen LogP contribution in [0.3, 0.4) is 0 Å². The molecule has 15 aliphatic carbocycles. The number of benzene rings is 1. The average molecular weight is 1070 g/mol. The summed E-state index contributed by atoms with van der Waals surface area (Å²) in [6.07, 6.45) is 40.9. The van der Waals surface area contributed by atoms with Crippen LogP contribution < -0.4 is 0 Å². The number of fused-ring (bicyclic) bond motifs is 24.